The fraction of sp³-hybridized carbons (Fsp3) is 0.750. The second-order valence-electron chi connectivity index (χ2n) is 2.50. The molecule has 1 unspecified atom stereocenters. The predicted octanol–water partition coefficient (Wildman–Crippen LogP) is 2.96. The smallest absolute Gasteiger partial charge is 0.174 e. The molecular weight excluding hydrogens is 238 g/mol. The highest BCUT2D eigenvalue weighted by atomic mass is 79.9. The minimum Gasteiger partial charge on any atom is -0.486 e. The van der Waals surface area contributed by atoms with Gasteiger partial charge in [-0.2, -0.15) is 0 Å². The number of ether oxygens (including phenoxy) is 1. The topological polar surface area (TPSA) is 12.5 Å². The Hall–Kier alpha value is 0.170. The summed E-state index contributed by atoms with van der Waals surface area (Å²) in [7, 11) is 0. The number of allylic oxidation sites excluding steroid dienone is 1. The van der Waals surface area contributed by atoms with Gasteiger partial charge in [-0.15, -0.1) is 0 Å². The molecule has 0 N–H and O–H groups in total. The second-order valence-corrected chi connectivity index (χ2v) is 5.03. The van der Waals surface area contributed by atoms with E-state index in [9.17, 15) is 0 Å². The van der Waals surface area contributed by atoms with Gasteiger partial charge in [0, 0.05) is 6.54 Å². The summed E-state index contributed by atoms with van der Waals surface area (Å²) in [5.74, 6) is 0. The first kappa shape index (κ1) is 10.3. The first-order valence-corrected chi connectivity index (χ1v) is 5.91. The van der Waals surface area contributed by atoms with Gasteiger partial charge in [-0.05, 0) is 20.8 Å². The lowest BCUT2D eigenvalue weighted by Crippen LogP contribution is -2.22. The Kier molecular flexibility index (Phi) is 3.77. The second kappa shape index (κ2) is 4.42. The molecule has 1 aliphatic rings. The van der Waals surface area contributed by atoms with E-state index in [1.54, 1.807) is 11.8 Å². The first-order valence-electron chi connectivity index (χ1n) is 4.11. The molecular formula is C8H14BrNOS. The van der Waals surface area contributed by atoms with Crippen molar-refractivity contribution in [1.82, 2.24) is 4.90 Å². The van der Waals surface area contributed by atoms with E-state index in [4.69, 9.17) is 4.74 Å². The van der Waals surface area contributed by atoms with Crippen molar-refractivity contribution in [2.75, 3.05) is 13.2 Å². The molecule has 0 radical (unpaired) electrons. The molecule has 1 heterocycles. The lowest BCUT2D eigenvalue weighted by Gasteiger charge is -2.20. The van der Waals surface area contributed by atoms with Crippen molar-refractivity contribution in [3.63, 3.8) is 0 Å². The summed E-state index contributed by atoms with van der Waals surface area (Å²) in [6.45, 7) is 8.02. The van der Waals surface area contributed by atoms with Crippen LogP contribution < -0.4 is 0 Å². The minimum atomic E-state index is 0.351. The summed E-state index contributed by atoms with van der Waals surface area (Å²) < 4.78 is 5.84. The zero-order valence-corrected chi connectivity index (χ0v) is 10.0. The maximum atomic E-state index is 5.49. The molecule has 12 heavy (non-hydrogen) atoms. The van der Waals surface area contributed by atoms with Gasteiger partial charge < -0.3 is 9.64 Å². The first-order chi connectivity index (χ1) is 5.70. The van der Waals surface area contributed by atoms with Gasteiger partial charge in [0.1, 0.15) is 4.28 Å². The van der Waals surface area contributed by atoms with Crippen LogP contribution in [0.1, 0.15) is 20.8 Å². The fourth-order valence-electron chi connectivity index (χ4n) is 1.16. The molecule has 70 valence electrons. The van der Waals surface area contributed by atoms with Crippen LogP contribution in [-0.2, 0) is 4.74 Å². The Bertz CT molecular complexity index is 195. The number of thioether (sulfide) groups is 1. The van der Waals surface area contributed by atoms with E-state index in [0.29, 0.717) is 4.28 Å². The van der Waals surface area contributed by atoms with Crippen molar-refractivity contribution in [1.29, 1.82) is 0 Å². The number of hydrogen-bond donors (Lipinski definition) is 0. The number of rotatable bonds is 3. The van der Waals surface area contributed by atoms with E-state index in [2.05, 4.69) is 34.7 Å². The molecule has 0 aromatic carbocycles. The molecule has 0 saturated heterocycles. The summed E-state index contributed by atoms with van der Waals surface area (Å²) >= 11 is 5.31. The molecule has 0 aliphatic carbocycles. The number of hydrogen-bond acceptors (Lipinski definition) is 3. The summed E-state index contributed by atoms with van der Waals surface area (Å²) in [5, 5.41) is 1.06. The highest BCUT2D eigenvalue weighted by Gasteiger charge is 2.27. The molecule has 0 aromatic rings. The predicted molar refractivity (Wildman–Crippen MR) is 57.0 cm³/mol. The quantitative estimate of drug-likeness (QED) is 0.566. The van der Waals surface area contributed by atoms with Crippen LogP contribution in [-0.4, -0.2) is 22.3 Å². The maximum absolute atomic E-state index is 5.49. The van der Waals surface area contributed by atoms with Gasteiger partial charge in [-0.3, -0.25) is 0 Å². The lowest BCUT2D eigenvalue weighted by atomic mass is 10.4. The Balaban J connectivity index is 2.67. The third-order valence-electron chi connectivity index (χ3n) is 1.79. The Labute approximate surface area is 86.5 Å². The normalized spacial score (nSPS) is 23.7. The Morgan fingerprint density at radius 2 is 2.25 bits per heavy atom. The third-order valence-corrected chi connectivity index (χ3v) is 3.92. The van der Waals surface area contributed by atoms with Gasteiger partial charge in [0.25, 0.3) is 0 Å². The van der Waals surface area contributed by atoms with Crippen molar-refractivity contribution in [3.8, 4) is 0 Å². The van der Waals surface area contributed by atoms with Gasteiger partial charge in [-0.1, -0.05) is 27.7 Å². The summed E-state index contributed by atoms with van der Waals surface area (Å²) in [6, 6.07) is 0. The fourth-order valence-corrected chi connectivity index (χ4v) is 3.35. The van der Waals surface area contributed by atoms with Crippen LogP contribution in [0.25, 0.3) is 0 Å². The van der Waals surface area contributed by atoms with E-state index in [1.807, 2.05) is 6.92 Å². The van der Waals surface area contributed by atoms with E-state index in [-0.39, 0.29) is 0 Å². The van der Waals surface area contributed by atoms with E-state index in [1.165, 1.54) is 5.70 Å². The van der Waals surface area contributed by atoms with Gasteiger partial charge in [-0.25, -0.2) is 0 Å². The molecule has 0 fully saturated rings. The molecule has 1 rings (SSSR count). The Morgan fingerprint density at radius 1 is 1.58 bits per heavy atom. The number of alkyl halides is 1. The van der Waals surface area contributed by atoms with Crippen LogP contribution in [0.15, 0.2) is 10.8 Å². The molecule has 4 heteroatoms. The van der Waals surface area contributed by atoms with E-state index >= 15 is 0 Å². The van der Waals surface area contributed by atoms with E-state index < -0.39 is 0 Å². The standard InChI is InChI=1S/C8H14BrNOS/c1-4-10-6(3)7(11-5-2)12-8(10)9/h8H,4-5H2,1-3H3. The van der Waals surface area contributed by atoms with Crippen molar-refractivity contribution in [3.05, 3.63) is 10.8 Å². The van der Waals surface area contributed by atoms with Crippen molar-refractivity contribution in [2.45, 2.75) is 25.1 Å². The number of nitrogens with zero attached hydrogens (tertiary/aromatic N) is 1. The minimum absolute atomic E-state index is 0.351. The van der Waals surface area contributed by atoms with Gasteiger partial charge >= 0.3 is 0 Å². The van der Waals surface area contributed by atoms with Crippen LogP contribution in [0, 0.1) is 0 Å². The Morgan fingerprint density at radius 3 is 2.67 bits per heavy atom. The zero-order valence-electron chi connectivity index (χ0n) is 7.63. The molecule has 0 bridgehead atoms. The average Bonchev–Trinajstić information content (AvgIpc) is 2.29. The lowest BCUT2D eigenvalue weighted by molar-refractivity contribution is 0.247. The molecule has 0 spiro atoms. The SMILES string of the molecule is CCOC1=C(C)N(CC)C(Br)S1. The van der Waals surface area contributed by atoms with Crippen molar-refractivity contribution >= 4 is 27.7 Å². The summed E-state index contributed by atoms with van der Waals surface area (Å²) in [5.41, 5.74) is 1.24. The van der Waals surface area contributed by atoms with Gasteiger partial charge in [0.2, 0.25) is 0 Å². The van der Waals surface area contributed by atoms with Gasteiger partial charge in [0.15, 0.2) is 5.09 Å². The van der Waals surface area contributed by atoms with Crippen LogP contribution in [0.2, 0.25) is 0 Å². The number of halogens is 1. The molecule has 0 aromatic heterocycles. The maximum Gasteiger partial charge on any atom is 0.174 e. The largest absolute Gasteiger partial charge is 0.486 e. The summed E-state index contributed by atoms with van der Waals surface area (Å²) in [6.07, 6.45) is 0. The van der Waals surface area contributed by atoms with Crippen LogP contribution in [0.5, 0.6) is 0 Å². The van der Waals surface area contributed by atoms with Crippen LogP contribution >= 0.6 is 27.7 Å². The van der Waals surface area contributed by atoms with Crippen molar-refractivity contribution in [2.24, 2.45) is 0 Å². The summed E-state index contributed by atoms with van der Waals surface area (Å²) in [4.78, 5) is 2.27. The molecule has 2 nitrogen and oxygen atoms in total. The monoisotopic (exact) mass is 251 g/mol. The molecule has 0 amide bonds. The molecule has 1 atom stereocenters. The van der Waals surface area contributed by atoms with E-state index in [0.717, 1.165) is 18.2 Å². The average molecular weight is 252 g/mol. The third kappa shape index (κ3) is 1.91. The van der Waals surface area contributed by atoms with Crippen LogP contribution in [0.4, 0.5) is 0 Å². The molecule has 1 aliphatic heterocycles. The highest BCUT2D eigenvalue weighted by molar-refractivity contribution is 9.11. The van der Waals surface area contributed by atoms with Gasteiger partial charge in [0.05, 0.1) is 12.3 Å². The highest BCUT2D eigenvalue weighted by Crippen LogP contribution is 2.40. The van der Waals surface area contributed by atoms with Crippen molar-refractivity contribution < 1.29 is 4.74 Å². The van der Waals surface area contributed by atoms with Crippen LogP contribution in [0.3, 0.4) is 0 Å². The molecule has 0 saturated carbocycles. The zero-order chi connectivity index (χ0) is 9.14.